The van der Waals surface area contributed by atoms with Gasteiger partial charge in [-0.25, -0.2) is 13.5 Å². The first-order valence-corrected chi connectivity index (χ1v) is 9.04. The molecule has 0 bridgehead atoms. The Kier molecular flexibility index (Phi) is 5.55. The Morgan fingerprint density at radius 1 is 1.30 bits per heavy atom. The van der Waals surface area contributed by atoms with Gasteiger partial charge in [-0.15, -0.1) is 0 Å². The first-order valence-electron chi connectivity index (χ1n) is 7.60. The van der Waals surface area contributed by atoms with Gasteiger partial charge in [0.15, 0.2) is 0 Å². The van der Waals surface area contributed by atoms with Gasteiger partial charge in [0.05, 0.1) is 16.4 Å². The number of nitrogens with zero attached hydrogens (tertiary/aromatic N) is 3. The zero-order valence-electron chi connectivity index (χ0n) is 13.3. The van der Waals surface area contributed by atoms with Gasteiger partial charge >= 0.3 is 0 Å². The van der Waals surface area contributed by atoms with Crippen LogP contribution in [0.1, 0.15) is 26.7 Å². The zero-order chi connectivity index (χ0) is 17.0. The molecule has 0 atom stereocenters. The molecule has 0 unspecified atom stereocenters. The van der Waals surface area contributed by atoms with Crippen molar-refractivity contribution in [3.63, 3.8) is 0 Å². The molecule has 0 saturated carbocycles. The summed E-state index contributed by atoms with van der Waals surface area (Å²) in [4.78, 5) is 16.2. The molecular formula is C14H21N3O5S. The first kappa shape index (κ1) is 17.6. The maximum absolute atomic E-state index is 12.5. The number of sulfonamides is 1. The number of hydroxylamine groups is 1. The molecule has 1 aromatic carbocycles. The number of nitro groups is 1. The fourth-order valence-electron chi connectivity index (χ4n) is 2.52. The van der Waals surface area contributed by atoms with Crippen molar-refractivity contribution in [2.24, 2.45) is 0 Å². The Labute approximate surface area is 135 Å². The van der Waals surface area contributed by atoms with E-state index in [1.807, 2.05) is 0 Å². The predicted molar refractivity (Wildman–Crippen MR) is 85.7 cm³/mol. The predicted octanol–water partition coefficient (Wildman–Crippen LogP) is 2.16. The molecule has 2 rings (SSSR count). The Balaban J connectivity index is 2.45. The van der Waals surface area contributed by atoms with Crippen molar-refractivity contribution < 1.29 is 18.2 Å². The van der Waals surface area contributed by atoms with Crippen molar-refractivity contribution in [1.82, 2.24) is 4.31 Å². The lowest BCUT2D eigenvalue weighted by Crippen LogP contribution is -2.32. The van der Waals surface area contributed by atoms with Crippen LogP contribution in [0.5, 0.6) is 0 Å². The van der Waals surface area contributed by atoms with Gasteiger partial charge in [0.25, 0.3) is 5.69 Å². The van der Waals surface area contributed by atoms with Crippen LogP contribution in [0.4, 0.5) is 11.4 Å². The molecule has 1 heterocycles. The van der Waals surface area contributed by atoms with E-state index >= 15 is 0 Å². The van der Waals surface area contributed by atoms with Crippen molar-refractivity contribution in [3.8, 4) is 0 Å². The van der Waals surface area contributed by atoms with Crippen molar-refractivity contribution in [1.29, 1.82) is 0 Å². The average molecular weight is 343 g/mol. The van der Waals surface area contributed by atoms with Crippen molar-refractivity contribution in [3.05, 3.63) is 28.3 Å². The molecule has 128 valence electrons. The smallest absolute Gasteiger partial charge is 0.273 e. The van der Waals surface area contributed by atoms with E-state index in [1.54, 1.807) is 13.8 Å². The highest BCUT2D eigenvalue weighted by molar-refractivity contribution is 7.89. The average Bonchev–Trinajstić information content (AvgIpc) is 2.56. The molecule has 0 N–H and O–H groups in total. The molecule has 0 spiro atoms. The fourth-order valence-corrected chi connectivity index (χ4v) is 4.00. The molecule has 8 nitrogen and oxygen atoms in total. The largest absolute Gasteiger partial charge is 0.296 e. The van der Waals surface area contributed by atoms with Gasteiger partial charge in [0, 0.05) is 25.7 Å². The third-order valence-corrected chi connectivity index (χ3v) is 5.80. The highest BCUT2D eigenvalue weighted by Crippen LogP contribution is 2.33. The molecule has 1 aliphatic rings. The summed E-state index contributed by atoms with van der Waals surface area (Å²) in [6.45, 7) is 5.11. The number of anilines is 1. The summed E-state index contributed by atoms with van der Waals surface area (Å²) in [5.41, 5.74) is 0.0216. The van der Waals surface area contributed by atoms with Crippen LogP contribution in [0, 0.1) is 10.1 Å². The van der Waals surface area contributed by atoms with E-state index in [-0.39, 0.29) is 16.3 Å². The third-order valence-electron chi connectivity index (χ3n) is 3.76. The van der Waals surface area contributed by atoms with Crippen LogP contribution in [0.3, 0.4) is 0 Å². The quantitative estimate of drug-likeness (QED) is 0.580. The number of hydrogen-bond acceptors (Lipinski definition) is 6. The van der Waals surface area contributed by atoms with E-state index in [1.165, 1.54) is 21.5 Å². The number of nitro benzene ring substituents is 1. The van der Waals surface area contributed by atoms with Crippen molar-refractivity contribution in [2.45, 2.75) is 31.6 Å². The van der Waals surface area contributed by atoms with Gasteiger partial charge in [0.2, 0.25) is 10.0 Å². The molecular weight excluding hydrogens is 322 g/mol. The summed E-state index contributed by atoms with van der Waals surface area (Å²) in [5, 5.41) is 12.8. The van der Waals surface area contributed by atoms with Gasteiger partial charge in [-0.1, -0.05) is 13.8 Å². The fraction of sp³-hybridized carbons (Fsp3) is 0.571. The monoisotopic (exact) mass is 343 g/mol. The van der Waals surface area contributed by atoms with Crippen LogP contribution in [0.15, 0.2) is 23.1 Å². The molecule has 0 aliphatic carbocycles. The highest BCUT2D eigenvalue weighted by atomic mass is 32.2. The Hall–Kier alpha value is -1.71. The van der Waals surface area contributed by atoms with E-state index in [0.29, 0.717) is 26.2 Å². The van der Waals surface area contributed by atoms with Gasteiger partial charge < -0.3 is 0 Å². The normalized spacial score (nSPS) is 15.9. The molecule has 1 fully saturated rings. The second kappa shape index (κ2) is 7.24. The topological polar surface area (TPSA) is 93.0 Å². The van der Waals surface area contributed by atoms with Crippen LogP contribution < -0.4 is 5.06 Å². The van der Waals surface area contributed by atoms with E-state index in [9.17, 15) is 18.5 Å². The lowest BCUT2D eigenvalue weighted by atomic mass is 10.2. The molecule has 0 aromatic heterocycles. The molecule has 0 radical (unpaired) electrons. The van der Waals surface area contributed by atoms with Crippen LogP contribution in [-0.2, 0) is 14.9 Å². The van der Waals surface area contributed by atoms with Gasteiger partial charge in [0.1, 0.15) is 5.69 Å². The molecule has 9 heteroatoms. The highest BCUT2D eigenvalue weighted by Gasteiger charge is 2.28. The van der Waals surface area contributed by atoms with Gasteiger partial charge in [-0.2, -0.15) is 4.31 Å². The Morgan fingerprint density at radius 3 is 2.52 bits per heavy atom. The van der Waals surface area contributed by atoms with E-state index < -0.39 is 14.9 Å². The maximum atomic E-state index is 12.5. The summed E-state index contributed by atoms with van der Waals surface area (Å²) < 4.78 is 26.3. The minimum Gasteiger partial charge on any atom is -0.273 e. The molecule has 0 amide bonds. The van der Waals surface area contributed by atoms with Crippen molar-refractivity contribution >= 4 is 21.4 Å². The lowest BCUT2D eigenvalue weighted by Gasteiger charge is -2.27. The maximum Gasteiger partial charge on any atom is 0.296 e. The minimum absolute atomic E-state index is 0.0753. The molecule has 23 heavy (non-hydrogen) atoms. The summed E-state index contributed by atoms with van der Waals surface area (Å²) in [6.07, 6.45) is 1.77. The Morgan fingerprint density at radius 2 is 2.00 bits per heavy atom. The molecule has 1 aromatic rings. The third kappa shape index (κ3) is 3.62. The van der Waals surface area contributed by atoms with Crippen molar-refractivity contribution in [2.75, 3.05) is 31.3 Å². The SMILES string of the molecule is CCN(CC)S(=O)(=O)c1ccc(N2CCCCO2)c([N+](=O)[O-])c1. The van der Waals surface area contributed by atoms with E-state index in [2.05, 4.69) is 0 Å². The summed E-state index contributed by atoms with van der Waals surface area (Å²) in [6, 6.07) is 3.95. The van der Waals surface area contributed by atoms with E-state index in [4.69, 9.17) is 4.84 Å². The summed E-state index contributed by atoms with van der Waals surface area (Å²) in [7, 11) is -3.74. The number of benzene rings is 1. The first-order chi connectivity index (χ1) is 10.9. The van der Waals surface area contributed by atoms with E-state index in [0.717, 1.165) is 18.9 Å². The summed E-state index contributed by atoms with van der Waals surface area (Å²) in [5.74, 6) is 0. The standard InChI is InChI=1S/C14H21N3O5S/c1-3-15(4-2)23(20,21)12-7-8-13(14(11-12)17(18)19)16-9-5-6-10-22-16/h7-8,11H,3-6,9-10H2,1-2H3. The number of rotatable bonds is 6. The second-order valence-electron chi connectivity index (χ2n) is 5.14. The lowest BCUT2D eigenvalue weighted by molar-refractivity contribution is -0.384. The van der Waals surface area contributed by atoms with Crippen LogP contribution in [0.2, 0.25) is 0 Å². The number of hydrogen-bond donors (Lipinski definition) is 0. The van der Waals surface area contributed by atoms with Gasteiger partial charge in [-0.3, -0.25) is 15.0 Å². The summed E-state index contributed by atoms with van der Waals surface area (Å²) >= 11 is 0. The zero-order valence-corrected chi connectivity index (χ0v) is 14.1. The van der Waals surface area contributed by atoms with Crippen LogP contribution in [0.25, 0.3) is 0 Å². The Bertz CT molecular complexity index is 667. The minimum atomic E-state index is -3.74. The van der Waals surface area contributed by atoms with Crippen LogP contribution in [-0.4, -0.2) is 43.9 Å². The van der Waals surface area contributed by atoms with Gasteiger partial charge in [-0.05, 0) is 25.0 Å². The van der Waals surface area contributed by atoms with Crippen LogP contribution >= 0.6 is 0 Å². The second-order valence-corrected chi connectivity index (χ2v) is 7.08. The molecule has 1 saturated heterocycles. The molecule has 1 aliphatic heterocycles.